The first kappa shape index (κ1) is 21.7. The normalized spacial score (nSPS) is 20.3. The molecule has 1 fully saturated rings. The number of carboxylic acid groups (broad SMARTS) is 1. The fraction of sp³-hybridized carbons (Fsp3) is 0.286. The van der Waals surface area contributed by atoms with E-state index in [4.69, 9.17) is 4.74 Å². The molecule has 2 N–H and O–H groups in total. The maximum Gasteiger partial charge on any atom is 0.325 e. The molecule has 3 atom stereocenters. The van der Waals surface area contributed by atoms with Gasteiger partial charge in [-0.2, -0.15) is 0 Å². The van der Waals surface area contributed by atoms with Crippen molar-refractivity contribution in [3.05, 3.63) is 100 Å². The quantitative estimate of drug-likeness (QED) is 0.443. The average Bonchev–Trinajstić information content (AvgIpc) is 3.27. The van der Waals surface area contributed by atoms with Gasteiger partial charge in [0.2, 0.25) is 0 Å². The van der Waals surface area contributed by atoms with Gasteiger partial charge < -0.3 is 19.4 Å². The van der Waals surface area contributed by atoms with Crippen molar-refractivity contribution in [2.45, 2.75) is 31.5 Å². The Bertz CT molecular complexity index is 1440. The summed E-state index contributed by atoms with van der Waals surface area (Å²) >= 11 is 0. The summed E-state index contributed by atoms with van der Waals surface area (Å²) in [7, 11) is 0. The molecule has 1 unspecified atom stereocenters. The largest absolute Gasteiger partial charge is 0.489 e. The SMILES string of the molecule is O=C(O)C(c1c[nH]c2ccc(OCc3ccccc3)cc12)N1C[C@@H]2C[C@@H](C1)c1cccc(=O)n1C2. The second-order valence-electron chi connectivity index (χ2n) is 9.62. The van der Waals surface area contributed by atoms with Crippen molar-refractivity contribution >= 4 is 16.9 Å². The summed E-state index contributed by atoms with van der Waals surface area (Å²) in [4.78, 5) is 30.3. The Balaban J connectivity index is 1.30. The van der Waals surface area contributed by atoms with Gasteiger partial charge in [-0.15, -0.1) is 0 Å². The van der Waals surface area contributed by atoms with Crippen molar-refractivity contribution in [3.63, 3.8) is 0 Å². The molecule has 1 saturated heterocycles. The molecule has 6 rings (SSSR count). The third-order valence-corrected chi connectivity index (χ3v) is 7.34. The summed E-state index contributed by atoms with van der Waals surface area (Å²) in [6, 6.07) is 20.4. The highest BCUT2D eigenvalue weighted by atomic mass is 16.5. The van der Waals surface area contributed by atoms with Gasteiger partial charge in [-0.25, -0.2) is 0 Å². The molecule has 0 amide bonds. The number of aromatic amines is 1. The third kappa shape index (κ3) is 4.02. The molecular formula is C28H27N3O4. The van der Waals surface area contributed by atoms with Gasteiger partial charge >= 0.3 is 5.97 Å². The summed E-state index contributed by atoms with van der Waals surface area (Å²) in [6.45, 7) is 2.33. The van der Waals surface area contributed by atoms with Crippen LogP contribution in [0.5, 0.6) is 5.75 Å². The van der Waals surface area contributed by atoms with Crippen molar-refractivity contribution < 1.29 is 14.6 Å². The van der Waals surface area contributed by atoms with E-state index in [1.807, 2.05) is 65.4 Å². The minimum atomic E-state index is -0.869. The number of nitrogens with one attached hydrogen (secondary N) is 1. The molecule has 0 saturated carbocycles. The van der Waals surface area contributed by atoms with Gasteiger partial charge in [0, 0.05) is 60.0 Å². The topological polar surface area (TPSA) is 87.6 Å². The first-order valence-electron chi connectivity index (χ1n) is 12.0. The molecule has 7 heteroatoms. The van der Waals surface area contributed by atoms with Crippen LogP contribution in [0.3, 0.4) is 0 Å². The maximum atomic E-state index is 12.6. The van der Waals surface area contributed by atoms with Gasteiger partial charge in [0.05, 0.1) is 0 Å². The van der Waals surface area contributed by atoms with E-state index >= 15 is 0 Å². The van der Waals surface area contributed by atoms with Gasteiger partial charge in [-0.3, -0.25) is 14.5 Å². The van der Waals surface area contributed by atoms with E-state index in [0.29, 0.717) is 32.0 Å². The highest BCUT2D eigenvalue weighted by Gasteiger charge is 2.40. The Hall–Kier alpha value is -3.84. The second kappa shape index (κ2) is 8.74. The number of H-pyrrole nitrogens is 1. The zero-order chi connectivity index (χ0) is 23.9. The van der Waals surface area contributed by atoms with Gasteiger partial charge in [0.15, 0.2) is 0 Å². The number of likely N-dealkylation sites (tertiary alicyclic amines) is 1. The number of hydrogen-bond donors (Lipinski definition) is 2. The Kier molecular flexibility index (Phi) is 5.41. The monoisotopic (exact) mass is 469 g/mol. The Morgan fingerprint density at radius 2 is 1.91 bits per heavy atom. The highest BCUT2D eigenvalue weighted by Crippen LogP contribution is 2.40. The lowest BCUT2D eigenvalue weighted by molar-refractivity contribution is -0.144. The van der Waals surface area contributed by atoms with Crippen LogP contribution in [0.2, 0.25) is 0 Å². The van der Waals surface area contributed by atoms with E-state index in [9.17, 15) is 14.7 Å². The number of carboxylic acids is 1. The van der Waals surface area contributed by atoms with Crippen molar-refractivity contribution in [2.24, 2.45) is 5.92 Å². The summed E-state index contributed by atoms with van der Waals surface area (Å²) in [5.41, 5.74) is 3.73. The third-order valence-electron chi connectivity index (χ3n) is 7.34. The van der Waals surface area contributed by atoms with Crippen molar-refractivity contribution in [1.29, 1.82) is 0 Å². The van der Waals surface area contributed by atoms with E-state index in [2.05, 4.69) is 9.88 Å². The van der Waals surface area contributed by atoms with E-state index < -0.39 is 12.0 Å². The molecule has 2 bridgehead atoms. The van der Waals surface area contributed by atoms with E-state index in [-0.39, 0.29) is 17.4 Å². The van der Waals surface area contributed by atoms with E-state index in [1.54, 1.807) is 12.1 Å². The average molecular weight is 470 g/mol. The lowest BCUT2D eigenvalue weighted by Crippen LogP contribution is -2.49. The number of fused-ring (bicyclic) bond motifs is 5. The number of carbonyl (C=O) groups is 1. The van der Waals surface area contributed by atoms with Crippen LogP contribution >= 0.6 is 0 Å². The fourth-order valence-corrected chi connectivity index (χ4v) is 5.81. The molecule has 7 nitrogen and oxygen atoms in total. The zero-order valence-electron chi connectivity index (χ0n) is 19.3. The molecule has 2 aromatic carbocycles. The lowest BCUT2D eigenvalue weighted by Gasteiger charge is -2.44. The molecule has 2 aliphatic heterocycles. The van der Waals surface area contributed by atoms with Gasteiger partial charge in [0.25, 0.3) is 5.56 Å². The van der Waals surface area contributed by atoms with Gasteiger partial charge in [-0.05, 0) is 42.2 Å². The van der Waals surface area contributed by atoms with Crippen molar-refractivity contribution in [2.75, 3.05) is 13.1 Å². The zero-order valence-corrected chi connectivity index (χ0v) is 19.3. The van der Waals surface area contributed by atoms with E-state index in [1.165, 1.54) is 0 Å². The van der Waals surface area contributed by atoms with Crippen LogP contribution < -0.4 is 10.3 Å². The predicted molar refractivity (Wildman–Crippen MR) is 133 cm³/mol. The summed E-state index contributed by atoms with van der Waals surface area (Å²) < 4.78 is 7.88. The first-order chi connectivity index (χ1) is 17.1. The number of piperidine rings is 1. The number of aliphatic carboxylic acids is 1. The second-order valence-corrected chi connectivity index (χ2v) is 9.62. The molecule has 4 aromatic rings. The van der Waals surface area contributed by atoms with Gasteiger partial charge in [-0.1, -0.05) is 36.4 Å². The predicted octanol–water partition coefficient (Wildman–Crippen LogP) is 4.15. The smallest absolute Gasteiger partial charge is 0.325 e. The van der Waals surface area contributed by atoms with Gasteiger partial charge in [0.1, 0.15) is 18.4 Å². The van der Waals surface area contributed by atoms with Crippen LogP contribution in [0.25, 0.3) is 10.9 Å². The summed E-state index contributed by atoms with van der Waals surface area (Å²) in [6.07, 6.45) is 2.80. The van der Waals surface area contributed by atoms with E-state index in [0.717, 1.165) is 34.1 Å². The summed E-state index contributed by atoms with van der Waals surface area (Å²) in [5.74, 6) is 0.230. The number of pyridine rings is 1. The van der Waals surface area contributed by atoms with Crippen LogP contribution in [0.4, 0.5) is 0 Å². The molecule has 35 heavy (non-hydrogen) atoms. The Morgan fingerprint density at radius 1 is 1.06 bits per heavy atom. The Morgan fingerprint density at radius 3 is 2.74 bits per heavy atom. The number of hydrogen-bond acceptors (Lipinski definition) is 4. The van der Waals surface area contributed by atoms with Crippen LogP contribution in [-0.4, -0.2) is 38.6 Å². The van der Waals surface area contributed by atoms with Crippen LogP contribution in [-0.2, 0) is 17.9 Å². The Labute approximate surface area is 202 Å². The molecule has 0 radical (unpaired) electrons. The molecule has 2 aromatic heterocycles. The molecule has 0 aliphatic carbocycles. The van der Waals surface area contributed by atoms with Crippen LogP contribution in [0.1, 0.15) is 35.2 Å². The van der Waals surface area contributed by atoms with Crippen molar-refractivity contribution in [3.8, 4) is 5.75 Å². The van der Waals surface area contributed by atoms with Crippen LogP contribution in [0.15, 0.2) is 77.7 Å². The molecular weight excluding hydrogens is 442 g/mol. The molecule has 178 valence electrons. The first-order valence-corrected chi connectivity index (χ1v) is 12.0. The number of aromatic nitrogens is 2. The van der Waals surface area contributed by atoms with Crippen molar-refractivity contribution in [1.82, 2.24) is 14.5 Å². The number of nitrogens with zero attached hydrogens (tertiary/aromatic N) is 2. The molecule has 2 aliphatic rings. The lowest BCUT2D eigenvalue weighted by atomic mass is 9.82. The molecule has 0 spiro atoms. The van der Waals surface area contributed by atoms with Crippen LogP contribution in [0, 0.1) is 5.92 Å². The minimum absolute atomic E-state index is 0.0279. The fourth-order valence-electron chi connectivity index (χ4n) is 5.81. The maximum absolute atomic E-state index is 12.6. The minimum Gasteiger partial charge on any atom is -0.489 e. The number of benzene rings is 2. The number of rotatable bonds is 6. The standard InChI is InChI=1S/C28H27N3O4/c32-26-8-4-7-25-20-11-19(15-31(25)26)14-30(16-20)27(28(33)34)23-13-29-24-10-9-21(12-22(23)24)35-17-18-5-2-1-3-6-18/h1-10,12-13,19-20,27,29H,11,14-17H2,(H,33,34)/t19-,20-,27?/m0/s1. The highest BCUT2D eigenvalue weighted by molar-refractivity contribution is 5.90. The number of ether oxygens (including phenoxy) is 1. The summed E-state index contributed by atoms with van der Waals surface area (Å²) in [5, 5.41) is 11.2. The molecule has 4 heterocycles.